The summed E-state index contributed by atoms with van der Waals surface area (Å²) in [6.07, 6.45) is 1.74. The van der Waals surface area contributed by atoms with Crippen LogP contribution in [0.5, 0.6) is 0 Å². The van der Waals surface area contributed by atoms with Crippen LogP contribution in [0.15, 0.2) is 35.8 Å². The molecule has 1 aliphatic rings. The second-order valence-corrected chi connectivity index (χ2v) is 6.91. The largest absolute Gasteiger partial charge is 0.311 e. The molecule has 0 spiro atoms. The van der Waals surface area contributed by atoms with Gasteiger partial charge in [-0.15, -0.1) is 11.3 Å². The summed E-state index contributed by atoms with van der Waals surface area (Å²) in [7, 11) is 0. The zero-order valence-electron chi connectivity index (χ0n) is 12.8. The zero-order valence-corrected chi connectivity index (χ0v) is 13.7. The van der Waals surface area contributed by atoms with Gasteiger partial charge in [0.25, 0.3) is 0 Å². The van der Waals surface area contributed by atoms with Crippen molar-refractivity contribution in [1.29, 1.82) is 0 Å². The van der Waals surface area contributed by atoms with Gasteiger partial charge in [0, 0.05) is 49.0 Å². The molecule has 1 N–H and O–H groups in total. The summed E-state index contributed by atoms with van der Waals surface area (Å²) >= 11 is 1.74. The Balaban J connectivity index is 1.53. The third-order valence-corrected chi connectivity index (χ3v) is 5.09. The molecule has 3 nitrogen and oxygen atoms in total. The molecule has 118 valence electrons. The van der Waals surface area contributed by atoms with E-state index in [9.17, 15) is 4.39 Å². The van der Waals surface area contributed by atoms with E-state index in [1.165, 1.54) is 10.4 Å². The first-order valence-electron chi connectivity index (χ1n) is 7.74. The molecule has 2 aromatic heterocycles. The third-order valence-electron chi connectivity index (χ3n) is 4.23. The number of hydrogen-bond acceptors (Lipinski definition) is 4. The molecule has 0 amide bonds. The topological polar surface area (TPSA) is 28.2 Å². The van der Waals surface area contributed by atoms with Crippen molar-refractivity contribution in [1.82, 2.24) is 15.2 Å². The van der Waals surface area contributed by atoms with Crippen LogP contribution < -0.4 is 5.32 Å². The minimum atomic E-state index is -0.702. The Morgan fingerprint density at radius 2 is 2.32 bits per heavy atom. The number of aryl methyl sites for hydroxylation is 1. The van der Waals surface area contributed by atoms with Crippen molar-refractivity contribution in [2.45, 2.75) is 38.6 Å². The van der Waals surface area contributed by atoms with Crippen LogP contribution in [-0.4, -0.2) is 35.2 Å². The van der Waals surface area contributed by atoms with Gasteiger partial charge in [0.15, 0.2) is 0 Å². The Kier molecular flexibility index (Phi) is 5.18. The quantitative estimate of drug-likeness (QED) is 0.886. The average Bonchev–Trinajstić information content (AvgIpc) is 3.12. The van der Waals surface area contributed by atoms with Crippen molar-refractivity contribution < 1.29 is 4.39 Å². The van der Waals surface area contributed by atoms with Crippen LogP contribution in [0.3, 0.4) is 0 Å². The van der Waals surface area contributed by atoms with Crippen LogP contribution in [-0.2, 0) is 13.1 Å². The first-order valence-corrected chi connectivity index (χ1v) is 8.62. The second-order valence-electron chi connectivity index (χ2n) is 5.87. The molecule has 2 atom stereocenters. The molecule has 0 unspecified atom stereocenters. The van der Waals surface area contributed by atoms with Crippen LogP contribution >= 0.6 is 11.3 Å². The zero-order chi connectivity index (χ0) is 15.4. The van der Waals surface area contributed by atoms with Gasteiger partial charge < -0.3 is 5.32 Å². The number of nitrogens with one attached hydrogen (secondary N) is 1. The number of pyridine rings is 1. The third kappa shape index (κ3) is 3.91. The van der Waals surface area contributed by atoms with Gasteiger partial charge in [-0.2, -0.15) is 0 Å². The molecule has 22 heavy (non-hydrogen) atoms. The summed E-state index contributed by atoms with van der Waals surface area (Å²) in [5.41, 5.74) is 2.27. The van der Waals surface area contributed by atoms with Crippen molar-refractivity contribution in [2.75, 3.05) is 13.1 Å². The second kappa shape index (κ2) is 7.31. The molecule has 0 aliphatic carbocycles. The summed E-state index contributed by atoms with van der Waals surface area (Å²) < 4.78 is 13.8. The van der Waals surface area contributed by atoms with Gasteiger partial charge in [-0.1, -0.05) is 12.1 Å². The van der Waals surface area contributed by atoms with E-state index in [0.29, 0.717) is 13.0 Å². The molecule has 1 saturated heterocycles. The Morgan fingerprint density at radius 3 is 3.09 bits per heavy atom. The summed E-state index contributed by atoms with van der Waals surface area (Å²) in [4.78, 5) is 7.87. The maximum atomic E-state index is 13.8. The number of halogens is 1. The van der Waals surface area contributed by atoms with E-state index < -0.39 is 6.17 Å². The van der Waals surface area contributed by atoms with Gasteiger partial charge in [0.1, 0.15) is 6.17 Å². The molecule has 1 aliphatic heterocycles. The average molecular weight is 319 g/mol. The lowest BCUT2D eigenvalue weighted by molar-refractivity contribution is 0.232. The smallest absolute Gasteiger partial charge is 0.114 e. The van der Waals surface area contributed by atoms with Crippen molar-refractivity contribution in [3.05, 3.63) is 52.0 Å². The van der Waals surface area contributed by atoms with Crippen LogP contribution in [0.4, 0.5) is 4.39 Å². The number of thiophene rings is 1. The number of aromatic nitrogens is 1. The predicted molar refractivity (Wildman–Crippen MR) is 88.7 cm³/mol. The lowest BCUT2D eigenvalue weighted by Gasteiger charge is -2.23. The van der Waals surface area contributed by atoms with Crippen LogP contribution in [0.2, 0.25) is 0 Å². The summed E-state index contributed by atoms with van der Waals surface area (Å²) in [6, 6.07) is 8.50. The van der Waals surface area contributed by atoms with E-state index in [1.807, 2.05) is 19.2 Å². The van der Waals surface area contributed by atoms with E-state index >= 15 is 0 Å². The normalized spacial score (nSPS) is 22.3. The fourth-order valence-electron chi connectivity index (χ4n) is 3.01. The summed E-state index contributed by atoms with van der Waals surface area (Å²) in [6.45, 7) is 5.04. The molecule has 0 bridgehead atoms. The summed E-state index contributed by atoms with van der Waals surface area (Å²) in [5, 5.41) is 5.55. The van der Waals surface area contributed by atoms with E-state index in [1.54, 1.807) is 11.3 Å². The maximum absolute atomic E-state index is 13.8. The Bertz CT molecular complexity index is 587. The van der Waals surface area contributed by atoms with E-state index in [4.69, 9.17) is 0 Å². The fourth-order valence-corrected chi connectivity index (χ4v) is 3.74. The Morgan fingerprint density at radius 1 is 1.41 bits per heavy atom. The van der Waals surface area contributed by atoms with Gasteiger partial charge in [0.05, 0.1) is 0 Å². The lowest BCUT2D eigenvalue weighted by atomic mass is 10.2. The highest BCUT2D eigenvalue weighted by molar-refractivity contribution is 7.09. The predicted octanol–water partition coefficient (Wildman–Crippen LogP) is 3.15. The van der Waals surface area contributed by atoms with E-state index in [2.05, 4.69) is 38.8 Å². The fraction of sp³-hybridized carbons (Fsp3) is 0.471. The highest BCUT2D eigenvalue weighted by Crippen LogP contribution is 2.23. The molecule has 5 heteroatoms. The van der Waals surface area contributed by atoms with Crippen LogP contribution in [0.1, 0.15) is 22.6 Å². The van der Waals surface area contributed by atoms with Crippen LogP contribution in [0, 0.1) is 6.92 Å². The van der Waals surface area contributed by atoms with Gasteiger partial charge in [0.2, 0.25) is 0 Å². The monoisotopic (exact) mass is 319 g/mol. The molecule has 3 heterocycles. The molecule has 3 rings (SSSR count). The first-order chi connectivity index (χ1) is 10.7. The highest BCUT2D eigenvalue weighted by atomic mass is 32.1. The first kappa shape index (κ1) is 15.6. The number of nitrogens with zero attached hydrogens (tertiary/aromatic N) is 2. The van der Waals surface area contributed by atoms with E-state index in [0.717, 1.165) is 25.3 Å². The molecular weight excluding hydrogens is 297 g/mol. The molecule has 0 radical (unpaired) electrons. The van der Waals surface area contributed by atoms with Crippen molar-refractivity contribution >= 4 is 11.3 Å². The standard InChI is InChI=1S/C17H22FN3S/c1-13-14(4-2-6-20-13)9-19-10-16-8-15(18)11-21(16)12-17-5-3-7-22-17/h2-7,15-16,19H,8-12H2,1H3/t15-,16-/m0/s1. The van der Waals surface area contributed by atoms with Gasteiger partial charge in [-0.05, 0) is 36.4 Å². The minimum Gasteiger partial charge on any atom is -0.311 e. The minimum absolute atomic E-state index is 0.272. The highest BCUT2D eigenvalue weighted by Gasteiger charge is 2.31. The van der Waals surface area contributed by atoms with Gasteiger partial charge in [-0.3, -0.25) is 9.88 Å². The number of alkyl halides is 1. The SMILES string of the molecule is Cc1ncccc1CNC[C@@H]1C[C@H](F)CN1Cc1cccs1. The number of likely N-dealkylation sites (tertiary alicyclic amines) is 1. The molecule has 0 aromatic carbocycles. The summed E-state index contributed by atoms with van der Waals surface area (Å²) in [5.74, 6) is 0. The Hall–Kier alpha value is -1.30. The van der Waals surface area contributed by atoms with Crippen molar-refractivity contribution in [2.24, 2.45) is 0 Å². The molecule has 0 saturated carbocycles. The molecular formula is C17H22FN3S. The van der Waals surface area contributed by atoms with Gasteiger partial charge >= 0.3 is 0 Å². The van der Waals surface area contributed by atoms with Gasteiger partial charge in [-0.25, -0.2) is 4.39 Å². The molecule has 2 aromatic rings. The van der Waals surface area contributed by atoms with Crippen molar-refractivity contribution in [3.63, 3.8) is 0 Å². The molecule has 1 fully saturated rings. The maximum Gasteiger partial charge on any atom is 0.114 e. The number of rotatable bonds is 6. The van der Waals surface area contributed by atoms with Crippen LogP contribution in [0.25, 0.3) is 0 Å². The Labute approximate surface area is 135 Å². The number of hydrogen-bond donors (Lipinski definition) is 1. The van der Waals surface area contributed by atoms with Crippen molar-refractivity contribution in [3.8, 4) is 0 Å². The van der Waals surface area contributed by atoms with E-state index in [-0.39, 0.29) is 6.04 Å². The lowest BCUT2D eigenvalue weighted by Crippen LogP contribution is -2.37.